The Balaban J connectivity index is 2.92. The topological polar surface area (TPSA) is 93.4 Å². The fraction of sp³-hybridized carbons (Fsp3) is 0.467. The molecule has 6 heteroatoms. The van der Waals surface area contributed by atoms with E-state index in [0.717, 1.165) is 17.7 Å². The van der Waals surface area contributed by atoms with Gasteiger partial charge >= 0.3 is 6.03 Å². The molecule has 1 aromatic rings. The van der Waals surface area contributed by atoms with E-state index >= 15 is 0 Å². The van der Waals surface area contributed by atoms with E-state index in [1.807, 2.05) is 44.3 Å². The predicted molar refractivity (Wildman–Crippen MR) is 81.1 cm³/mol. The largest absolute Gasteiger partial charge is 0.481 e. The minimum atomic E-state index is -0.888. The van der Waals surface area contributed by atoms with Crippen molar-refractivity contribution in [1.82, 2.24) is 10.6 Å². The highest BCUT2D eigenvalue weighted by Crippen LogP contribution is 2.27. The van der Waals surface area contributed by atoms with E-state index in [0.29, 0.717) is 5.75 Å². The zero-order chi connectivity index (χ0) is 16.0. The van der Waals surface area contributed by atoms with Gasteiger partial charge in [0.15, 0.2) is 6.10 Å². The van der Waals surface area contributed by atoms with Crippen molar-refractivity contribution >= 4 is 11.9 Å². The molecule has 6 nitrogen and oxygen atoms in total. The number of hydrogen-bond donors (Lipinski definition) is 3. The van der Waals surface area contributed by atoms with Crippen LogP contribution in [0.4, 0.5) is 4.79 Å². The quantitative estimate of drug-likeness (QED) is 0.743. The molecule has 0 aliphatic rings. The highest BCUT2D eigenvalue weighted by atomic mass is 16.5. The number of primary amides is 1. The first kappa shape index (κ1) is 17.0. The van der Waals surface area contributed by atoms with Gasteiger partial charge in [-0.3, -0.25) is 10.1 Å². The summed E-state index contributed by atoms with van der Waals surface area (Å²) in [6, 6.07) is 5.04. The van der Waals surface area contributed by atoms with E-state index in [1.54, 1.807) is 6.92 Å². The van der Waals surface area contributed by atoms with Crippen molar-refractivity contribution in [2.24, 2.45) is 5.73 Å². The highest BCUT2D eigenvalue weighted by Gasteiger charge is 2.19. The summed E-state index contributed by atoms with van der Waals surface area (Å²) in [7, 11) is 0. The van der Waals surface area contributed by atoms with Crippen LogP contribution in [0.3, 0.4) is 0 Å². The Bertz CT molecular complexity index is 517. The van der Waals surface area contributed by atoms with Crippen LogP contribution in [-0.4, -0.2) is 24.6 Å². The summed E-state index contributed by atoms with van der Waals surface area (Å²) in [4.78, 5) is 22.4. The van der Waals surface area contributed by atoms with Gasteiger partial charge in [0.2, 0.25) is 0 Å². The lowest BCUT2D eigenvalue weighted by Gasteiger charge is -2.21. The number of hydrogen-bond acceptors (Lipinski definition) is 4. The fourth-order valence-corrected chi connectivity index (χ4v) is 1.98. The van der Waals surface area contributed by atoms with Gasteiger partial charge in [-0.25, -0.2) is 4.79 Å². The van der Waals surface area contributed by atoms with Crippen molar-refractivity contribution in [2.45, 2.75) is 39.8 Å². The molecule has 0 radical (unpaired) electrons. The molecule has 0 fully saturated rings. The number of aryl methyl sites for hydroxylation is 1. The van der Waals surface area contributed by atoms with Crippen molar-refractivity contribution in [3.63, 3.8) is 0 Å². The van der Waals surface area contributed by atoms with Gasteiger partial charge in [0.05, 0.1) is 0 Å². The summed E-state index contributed by atoms with van der Waals surface area (Å²) in [5, 5.41) is 5.31. The average molecular weight is 293 g/mol. The molecule has 3 amide bonds. The van der Waals surface area contributed by atoms with Crippen molar-refractivity contribution in [3.8, 4) is 5.75 Å². The van der Waals surface area contributed by atoms with Crippen LogP contribution in [0.1, 0.15) is 37.9 Å². The molecule has 21 heavy (non-hydrogen) atoms. The number of nitrogens with one attached hydrogen (secondary N) is 2. The highest BCUT2D eigenvalue weighted by molar-refractivity contribution is 5.95. The van der Waals surface area contributed by atoms with E-state index in [9.17, 15) is 9.59 Å². The van der Waals surface area contributed by atoms with Crippen LogP contribution in [-0.2, 0) is 4.79 Å². The Morgan fingerprint density at radius 2 is 2.00 bits per heavy atom. The summed E-state index contributed by atoms with van der Waals surface area (Å²) >= 11 is 0. The summed E-state index contributed by atoms with van der Waals surface area (Å²) in [5.74, 6) is 0.0571. The van der Waals surface area contributed by atoms with Gasteiger partial charge in [-0.1, -0.05) is 19.1 Å². The summed E-state index contributed by atoms with van der Waals surface area (Å²) in [6.07, 6.45) is -0.813. The number of nitrogens with two attached hydrogens (primary N) is 1. The van der Waals surface area contributed by atoms with E-state index in [4.69, 9.17) is 10.5 Å². The van der Waals surface area contributed by atoms with Crippen LogP contribution in [0.2, 0.25) is 0 Å². The number of carbonyl (C=O) groups excluding carboxylic acids is 2. The van der Waals surface area contributed by atoms with Crippen molar-refractivity contribution in [3.05, 3.63) is 29.3 Å². The van der Waals surface area contributed by atoms with Gasteiger partial charge in [-0.15, -0.1) is 0 Å². The van der Waals surface area contributed by atoms with Crippen LogP contribution < -0.4 is 21.1 Å². The number of urea groups is 1. The standard InChI is InChI=1S/C15H23N3O3/c1-5-17-10(3)12-7-6-9(2)8-13(12)21-11(4)14(19)18-15(16)20/h6-8,10-11,17H,5H2,1-4H3,(H3,16,18,19,20). The van der Waals surface area contributed by atoms with Crippen LogP contribution in [0.5, 0.6) is 5.75 Å². The molecule has 0 spiro atoms. The van der Waals surface area contributed by atoms with Crippen molar-refractivity contribution in [2.75, 3.05) is 6.54 Å². The maximum atomic E-state index is 11.7. The van der Waals surface area contributed by atoms with Crippen LogP contribution in [0, 0.1) is 6.92 Å². The Morgan fingerprint density at radius 1 is 1.33 bits per heavy atom. The van der Waals surface area contributed by atoms with Gasteiger partial charge in [0.25, 0.3) is 5.91 Å². The molecule has 0 aliphatic heterocycles. The third-order valence-electron chi connectivity index (χ3n) is 3.07. The molecule has 0 heterocycles. The van der Waals surface area contributed by atoms with E-state index in [-0.39, 0.29) is 6.04 Å². The van der Waals surface area contributed by atoms with Crippen LogP contribution in [0.15, 0.2) is 18.2 Å². The van der Waals surface area contributed by atoms with Crippen LogP contribution in [0.25, 0.3) is 0 Å². The van der Waals surface area contributed by atoms with Gasteiger partial charge < -0.3 is 15.8 Å². The third kappa shape index (κ3) is 5.07. The smallest absolute Gasteiger partial charge is 0.318 e. The van der Waals surface area contributed by atoms with Crippen LogP contribution >= 0.6 is 0 Å². The van der Waals surface area contributed by atoms with Gasteiger partial charge in [-0.2, -0.15) is 0 Å². The number of carbonyl (C=O) groups is 2. The Kier molecular flexibility index (Phi) is 6.17. The molecule has 1 aromatic carbocycles. The first-order valence-corrected chi connectivity index (χ1v) is 6.96. The summed E-state index contributed by atoms with van der Waals surface area (Å²) in [5.41, 5.74) is 6.92. The predicted octanol–water partition coefficient (Wildman–Crippen LogP) is 1.63. The average Bonchev–Trinajstić information content (AvgIpc) is 2.38. The van der Waals surface area contributed by atoms with Crippen molar-refractivity contribution < 1.29 is 14.3 Å². The molecule has 1 rings (SSSR count). The lowest BCUT2D eigenvalue weighted by atomic mass is 10.0. The monoisotopic (exact) mass is 293 g/mol. The fourth-order valence-electron chi connectivity index (χ4n) is 1.98. The SMILES string of the molecule is CCNC(C)c1ccc(C)cc1OC(C)C(=O)NC(N)=O. The van der Waals surface area contributed by atoms with Gasteiger partial charge in [-0.05, 0) is 38.9 Å². The summed E-state index contributed by atoms with van der Waals surface area (Å²) in [6.45, 7) is 8.39. The van der Waals surface area contributed by atoms with Crippen molar-refractivity contribution in [1.29, 1.82) is 0 Å². The van der Waals surface area contributed by atoms with Gasteiger partial charge in [0.1, 0.15) is 5.75 Å². The Hall–Kier alpha value is -2.08. The normalized spacial score (nSPS) is 13.3. The summed E-state index contributed by atoms with van der Waals surface area (Å²) < 4.78 is 5.70. The number of benzene rings is 1. The molecule has 2 atom stereocenters. The van der Waals surface area contributed by atoms with Gasteiger partial charge in [0, 0.05) is 11.6 Å². The minimum absolute atomic E-state index is 0.0944. The first-order valence-electron chi connectivity index (χ1n) is 6.96. The third-order valence-corrected chi connectivity index (χ3v) is 3.07. The number of amides is 3. The molecular formula is C15H23N3O3. The molecule has 4 N–H and O–H groups in total. The van der Waals surface area contributed by atoms with E-state index < -0.39 is 18.0 Å². The van der Waals surface area contributed by atoms with E-state index in [2.05, 4.69) is 5.32 Å². The second kappa shape index (κ2) is 7.64. The minimum Gasteiger partial charge on any atom is -0.481 e. The Morgan fingerprint density at radius 3 is 2.57 bits per heavy atom. The molecule has 0 aromatic heterocycles. The number of rotatable bonds is 6. The second-order valence-corrected chi connectivity index (χ2v) is 4.93. The molecule has 0 aliphatic carbocycles. The zero-order valence-electron chi connectivity index (χ0n) is 12.9. The lowest BCUT2D eigenvalue weighted by Crippen LogP contribution is -2.42. The molecule has 2 unspecified atom stereocenters. The number of imide groups is 1. The molecule has 116 valence electrons. The molecule has 0 bridgehead atoms. The molecule has 0 saturated carbocycles. The zero-order valence-corrected chi connectivity index (χ0v) is 12.9. The molecular weight excluding hydrogens is 270 g/mol. The lowest BCUT2D eigenvalue weighted by molar-refractivity contribution is -0.126. The molecule has 0 saturated heterocycles. The van der Waals surface area contributed by atoms with E-state index in [1.165, 1.54) is 0 Å². The second-order valence-electron chi connectivity index (χ2n) is 4.93. The first-order chi connectivity index (χ1) is 9.85. The Labute approximate surface area is 125 Å². The number of ether oxygens (including phenoxy) is 1. The maximum absolute atomic E-state index is 11.7. The maximum Gasteiger partial charge on any atom is 0.318 e.